The van der Waals surface area contributed by atoms with Crippen molar-refractivity contribution in [2.45, 2.75) is 50.4 Å². The average Bonchev–Trinajstić information content (AvgIpc) is 3.23. The first-order valence-electron chi connectivity index (χ1n) is 12.0. The van der Waals surface area contributed by atoms with Crippen LogP contribution in [0.2, 0.25) is 5.02 Å². The number of aryl methyl sites for hydroxylation is 1. The standard InChI is InChI=1S/C25H28ClN5O3/c26-18-10-29-20-3-4-23(33)31-13-16(24(18)25(20)31)12-30-6-5-19(21(32)14-30)28-9-17-8-15-2-1-7-34-22(15)11-27-17/h3-4,8,10-11,16,19,21,28,32H,1-2,5-7,9,12-14H2/t16?,19-,21+/m0/s1. The van der Waals surface area contributed by atoms with Gasteiger partial charge in [0.05, 0.1) is 40.7 Å². The van der Waals surface area contributed by atoms with Crippen molar-refractivity contribution in [1.29, 1.82) is 0 Å². The number of hydrogen-bond donors (Lipinski definition) is 2. The summed E-state index contributed by atoms with van der Waals surface area (Å²) in [7, 11) is 0. The summed E-state index contributed by atoms with van der Waals surface area (Å²) in [5.74, 6) is 0.998. The van der Waals surface area contributed by atoms with E-state index in [1.807, 2.05) is 6.20 Å². The zero-order valence-electron chi connectivity index (χ0n) is 18.9. The number of halogens is 1. The summed E-state index contributed by atoms with van der Waals surface area (Å²) >= 11 is 6.53. The number of piperidine rings is 1. The molecular weight excluding hydrogens is 454 g/mol. The quantitative estimate of drug-likeness (QED) is 0.576. The first-order valence-corrected chi connectivity index (χ1v) is 12.4. The van der Waals surface area contributed by atoms with Gasteiger partial charge in [0, 0.05) is 56.0 Å². The van der Waals surface area contributed by atoms with Crippen LogP contribution in [0.5, 0.6) is 5.75 Å². The summed E-state index contributed by atoms with van der Waals surface area (Å²) in [4.78, 5) is 23.6. The minimum absolute atomic E-state index is 0.0185. The number of aliphatic hydroxyl groups is 1. The molecule has 3 atom stereocenters. The molecule has 0 spiro atoms. The van der Waals surface area contributed by atoms with Gasteiger partial charge in [-0.05, 0) is 43.5 Å². The van der Waals surface area contributed by atoms with E-state index in [4.69, 9.17) is 16.3 Å². The molecule has 3 aliphatic heterocycles. The van der Waals surface area contributed by atoms with Gasteiger partial charge in [0.25, 0.3) is 5.56 Å². The van der Waals surface area contributed by atoms with Gasteiger partial charge < -0.3 is 19.7 Å². The van der Waals surface area contributed by atoms with E-state index in [1.165, 1.54) is 5.56 Å². The molecule has 1 saturated heterocycles. The number of fused-ring (bicyclic) bond motifs is 1. The largest absolute Gasteiger partial charge is 0.492 e. The molecule has 0 amide bonds. The van der Waals surface area contributed by atoms with Crippen LogP contribution in [0.3, 0.4) is 0 Å². The number of β-amino-alcohol motifs (C(OH)–C–C–N with tert-alkyl or cyclic N) is 1. The number of nitrogens with one attached hydrogen (secondary N) is 1. The number of likely N-dealkylation sites (tertiary alicyclic amines) is 1. The lowest BCUT2D eigenvalue weighted by Gasteiger charge is -2.37. The molecule has 0 bridgehead atoms. The van der Waals surface area contributed by atoms with Crippen LogP contribution in [0.1, 0.15) is 35.6 Å². The lowest BCUT2D eigenvalue weighted by molar-refractivity contribution is 0.0368. The van der Waals surface area contributed by atoms with E-state index in [9.17, 15) is 9.90 Å². The summed E-state index contributed by atoms with van der Waals surface area (Å²) in [6, 6.07) is 5.47. The fraction of sp³-hybridized carbons (Fsp3) is 0.480. The van der Waals surface area contributed by atoms with Crippen LogP contribution >= 0.6 is 11.6 Å². The molecule has 1 fully saturated rings. The number of aromatic nitrogens is 3. The third-order valence-corrected chi connectivity index (χ3v) is 7.65. The zero-order chi connectivity index (χ0) is 23.2. The van der Waals surface area contributed by atoms with Crippen LogP contribution in [0.15, 0.2) is 35.4 Å². The SMILES string of the molecule is O=c1ccc2ncc(Cl)c3c2n1CC3CN1CC[C@H](NCc2cc3c(cn2)OCCC3)[C@H](O)C1. The molecule has 9 heteroatoms. The first-order chi connectivity index (χ1) is 16.6. The number of rotatable bonds is 5. The normalized spacial score (nSPS) is 24.2. The number of aliphatic hydroxyl groups excluding tert-OH is 1. The molecule has 2 N–H and O–H groups in total. The van der Waals surface area contributed by atoms with Crippen molar-refractivity contribution in [3.63, 3.8) is 0 Å². The second-order valence-electron chi connectivity index (χ2n) is 9.57. The Morgan fingerprint density at radius 2 is 2.15 bits per heavy atom. The molecule has 3 aromatic heterocycles. The summed E-state index contributed by atoms with van der Waals surface area (Å²) in [6.07, 6.45) is 5.92. The van der Waals surface area contributed by atoms with Gasteiger partial charge in [0.2, 0.25) is 0 Å². The highest BCUT2D eigenvalue weighted by Crippen LogP contribution is 2.37. The molecule has 0 aromatic carbocycles. The van der Waals surface area contributed by atoms with Crippen molar-refractivity contribution in [1.82, 2.24) is 24.8 Å². The molecule has 6 rings (SSSR count). The van der Waals surface area contributed by atoms with E-state index in [2.05, 4.69) is 26.3 Å². The number of nitrogens with zero attached hydrogens (tertiary/aromatic N) is 4. The van der Waals surface area contributed by atoms with Gasteiger partial charge in [-0.15, -0.1) is 0 Å². The predicted octanol–water partition coefficient (Wildman–Crippen LogP) is 2.09. The van der Waals surface area contributed by atoms with Crippen molar-refractivity contribution in [3.8, 4) is 5.75 Å². The second-order valence-corrected chi connectivity index (χ2v) is 9.98. The van der Waals surface area contributed by atoms with Gasteiger partial charge in [-0.25, -0.2) is 0 Å². The van der Waals surface area contributed by atoms with Gasteiger partial charge in [0.15, 0.2) is 0 Å². The number of pyridine rings is 3. The lowest BCUT2D eigenvalue weighted by atomic mass is 9.97. The Balaban J connectivity index is 1.09. The predicted molar refractivity (Wildman–Crippen MR) is 129 cm³/mol. The zero-order valence-corrected chi connectivity index (χ0v) is 19.7. The molecule has 6 heterocycles. The molecule has 3 aliphatic rings. The molecule has 178 valence electrons. The first kappa shape index (κ1) is 22.0. The average molecular weight is 482 g/mol. The van der Waals surface area contributed by atoms with Crippen LogP contribution < -0.4 is 15.6 Å². The minimum Gasteiger partial charge on any atom is -0.492 e. The van der Waals surface area contributed by atoms with E-state index in [0.29, 0.717) is 24.7 Å². The summed E-state index contributed by atoms with van der Waals surface area (Å²) in [5, 5.41) is 15.0. The summed E-state index contributed by atoms with van der Waals surface area (Å²) in [5.41, 5.74) is 4.82. The van der Waals surface area contributed by atoms with Crippen molar-refractivity contribution in [2.75, 3.05) is 26.2 Å². The van der Waals surface area contributed by atoms with Crippen molar-refractivity contribution in [2.24, 2.45) is 0 Å². The van der Waals surface area contributed by atoms with E-state index >= 15 is 0 Å². The molecule has 0 aliphatic carbocycles. The van der Waals surface area contributed by atoms with E-state index in [1.54, 1.807) is 22.9 Å². The molecule has 8 nitrogen and oxygen atoms in total. The minimum atomic E-state index is -0.478. The maximum Gasteiger partial charge on any atom is 0.251 e. The fourth-order valence-electron chi connectivity index (χ4n) is 5.64. The Bertz CT molecular complexity index is 1300. The molecular formula is C25H28ClN5O3. The number of ether oxygens (including phenoxy) is 1. The molecule has 0 saturated carbocycles. The van der Waals surface area contributed by atoms with Crippen LogP contribution in [0.25, 0.3) is 11.0 Å². The molecule has 3 aromatic rings. The van der Waals surface area contributed by atoms with Crippen molar-refractivity contribution < 1.29 is 9.84 Å². The third-order valence-electron chi connectivity index (χ3n) is 7.35. The van der Waals surface area contributed by atoms with Gasteiger partial charge in [-0.2, -0.15) is 0 Å². The fourth-order valence-corrected chi connectivity index (χ4v) is 5.94. The summed E-state index contributed by atoms with van der Waals surface area (Å²) < 4.78 is 7.44. The van der Waals surface area contributed by atoms with Gasteiger partial charge in [-0.3, -0.25) is 19.7 Å². The Morgan fingerprint density at radius 3 is 3.03 bits per heavy atom. The highest BCUT2D eigenvalue weighted by atomic mass is 35.5. The molecule has 0 radical (unpaired) electrons. The summed E-state index contributed by atoms with van der Waals surface area (Å²) in [6.45, 7) is 4.18. The Kier molecular flexibility index (Phi) is 5.77. The number of hydrogen-bond acceptors (Lipinski definition) is 7. The second kappa shape index (κ2) is 8.92. The maximum absolute atomic E-state index is 12.4. The highest BCUT2D eigenvalue weighted by molar-refractivity contribution is 6.32. The van der Waals surface area contributed by atoms with Gasteiger partial charge >= 0.3 is 0 Å². The highest BCUT2D eigenvalue weighted by Gasteiger charge is 2.33. The van der Waals surface area contributed by atoms with Crippen molar-refractivity contribution >= 4 is 22.6 Å². The Labute approximate surface area is 202 Å². The van der Waals surface area contributed by atoms with Crippen LogP contribution in [0, 0.1) is 0 Å². The van der Waals surface area contributed by atoms with E-state index in [-0.39, 0.29) is 17.5 Å². The van der Waals surface area contributed by atoms with Gasteiger partial charge in [0.1, 0.15) is 5.75 Å². The topological polar surface area (TPSA) is 92.5 Å². The Morgan fingerprint density at radius 1 is 1.24 bits per heavy atom. The molecule has 34 heavy (non-hydrogen) atoms. The maximum atomic E-state index is 12.4. The van der Waals surface area contributed by atoms with E-state index < -0.39 is 6.10 Å². The smallest absolute Gasteiger partial charge is 0.251 e. The third kappa shape index (κ3) is 3.98. The lowest BCUT2D eigenvalue weighted by Crippen LogP contribution is -2.53. The Hall–Kier alpha value is -2.52. The van der Waals surface area contributed by atoms with Crippen LogP contribution in [-0.4, -0.2) is 62.9 Å². The van der Waals surface area contributed by atoms with Crippen LogP contribution in [0.4, 0.5) is 0 Å². The monoisotopic (exact) mass is 481 g/mol. The van der Waals surface area contributed by atoms with E-state index in [0.717, 1.165) is 67.0 Å². The van der Waals surface area contributed by atoms with Crippen molar-refractivity contribution in [3.05, 3.63) is 62.8 Å². The molecule has 1 unspecified atom stereocenters. The van der Waals surface area contributed by atoms with Gasteiger partial charge in [-0.1, -0.05) is 11.6 Å². The van der Waals surface area contributed by atoms with Crippen LogP contribution in [-0.2, 0) is 19.5 Å².